The minimum absolute atomic E-state index is 0.289. The van der Waals surface area contributed by atoms with Crippen molar-refractivity contribution < 1.29 is 9.84 Å². The second kappa shape index (κ2) is 6.89. The van der Waals surface area contributed by atoms with E-state index >= 15 is 0 Å². The number of aromatic nitrogens is 3. The molecular formula is C16H22N4O2. The molecule has 6 heteroatoms. The number of ether oxygens (including phenoxy) is 1. The molecule has 22 heavy (non-hydrogen) atoms. The van der Waals surface area contributed by atoms with E-state index in [0.29, 0.717) is 12.6 Å². The Hall–Kier alpha value is -1.92. The third-order valence-corrected chi connectivity index (χ3v) is 3.88. The van der Waals surface area contributed by atoms with Crippen LogP contribution in [0.25, 0.3) is 0 Å². The second-order valence-electron chi connectivity index (χ2n) is 5.78. The number of aliphatic hydroxyl groups excluding tert-OH is 1. The fourth-order valence-corrected chi connectivity index (χ4v) is 2.66. The molecule has 0 radical (unpaired) electrons. The van der Waals surface area contributed by atoms with Crippen LogP contribution in [0.4, 0.5) is 0 Å². The van der Waals surface area contributed by atoms with Crippen molar-refractivity contribution in [2.45, 2.75) is 38.5 Å². The molecule has 0 spiro atoms. The molecule has 0 bridgehead atoms. The Morgan fingerprint density at radius 3 is 3.27 bits per heavy atom. The minimum Gasteiger partial charge on any atom is -0.491 e. The number of fused-ring (bicyclic) bond motifs is 1. The number of nitrogens with one attached hydrogen (secondary N) is 1. The number of hydrogen-bond donors (Lipinski definition) is 2. The summed E-state index contributed by atoms with van der Waals surface area (Å²) in [5, 5.41) is 17.6. The Morgan fingerprint density at radius 2 is 2.41 bits per heavy atom. The highest BCUT2D eigenvalue weighted by atomic mass is 16.5. The Bertz CT molecular complexity index is 614. The van der Waals surface area contributed by atoms with Gasteiger partial charge >= 0.3 is 0 Å². The number of aryl methyl sites for hydroxylation is 2. The van der Waals surface area contributed by atoms with Gasteiger partial charge in [-0.15, -0.1) is 0 Å². The number of rotatable bonds is 6. The van der Waals surface area contributed by atoms with Gasteiger partial charge in [-0.25, -0.2) is 9.67 Å². The summed E-state index contributed by atoms with van der Waals surface area (Å²) in [7, 11) is 0. The summed E-state index contributed by atoms with van der Waals surface area (Å²) in [5.41, 5.74) is 1.15. The van der Waals surface area contributed by atoms with E-state index < -0.39 is 6.10 Å². The standard InChI is InChI=1S/C16H22N4O2/c1-12-3-2-4-15(7-12)22-10-14(21)8-17-13-5-6-16-18-11-19-20(16)9-13/h2-4,7,11,13-14,17,21H,5-6,8-10H2,1H3/t13-,14-/m1/s1. The van der Waals surface area contributed by atoms with E-state index in [4.69, 9.17) is 4.74 Å². The van der Waals surface area contributed by atoms with Gasteiger partial charge in [0.2, 0.25) is 0 Å². The lowest BCUT2D eigenvalue weighted by Crippen LogP contribution is -2.42. The molecule has 2 heterocycles. The maximum atomic E-state index is 10.0. The van der Waals surface area contributed by atoms with Gasteiger partial charge in [-0.05, 0) is 31.0 Å². The molecule has 0 saturated carbocycles. The Labute approximate surface area is 130 Å². The molecule has 0 amide bonds. The van der Waals surface area contributed by atoms with Crippen LogP contribution < -0.4 is 10.1 Å². The molecular weight excluding hydrogens is 280 g/mol. The summed E-state index contributed by atoms with van der Waals surface area (Å²) in [6.45, 7) is 3.63. The molecule has 0 saturated heterocycles. The van der Waals surface area contributed by atoms with Crippen LogP contribution in [0.2, 0.25) is 0 Å². The lowest BCUT2D eigenvalue weighted by Gasteiger charge is -2.24. The average Bonchev–Trinajstić information content (AvgIpc) is 2.98. The SMILES string of the molecule is Cc1cccc(OC[C@H](O)CN[C@@H]2CCc3ncnn3C2)c1. The molecule has 2 atom stereocenters. The van der Waals surface area contributed by atoms with Gasteiger partial charge in [0.05, 0.1) is 6.54 Å². The van der Waals surface area contributed by atoms with Gasteiger partial charge in [0.1, 0.15) is 30.6 Å². The Balaban J connectivity index is 1.40. The molecule has 118 valence electrons. The van der Waals surface area contributed by atoms with E-state index in [0.717, 1.165) is 36.5 Å². The van der Waals surface area contributed by atoms with Gasteiger partial charge in [-0.1, -0.05) is 12.1 Å². The quantitative estimate of drug-likeness (QED) is 0.830. The van der Waals surface area contributed by atoms with Crippen LogP contribution in [-0.2, 0) is 13.0 Å². The predicted octanol–water partition coefficient (Wildman–Crippen LogP) is 0.931. The van der Waals surface area contributed by atoms with Crippen molar-refractivity contribution in [3.63, 3.8) is 0 Å². The molecule has 0 fully saturated rings. The molecule has 2 aromatic rings. The zero-order valence-corrected chi connectivity index (χ0v) is 12.8. The maximum absolute atomic E-state index is 10.0. The molecule has 6 nitrogen and oxygen atoms in total. The van der Waals surface area contributed by atoms with Gasteiger partial charge in [0, 0.05) is 19.0 Å². The van der Waals surface area contributed by atoms with Crippen LogP contribution >= 0.6 is 0 Å². The molecule has 1 aliphatic rings. The van der Waals surface area contributed by atoms with E-state index in [1.807, 2.05) is 35.9 Å². The van der Waals surface area contributed by atoms with Crippen molar-refractivity contribution in [2.24, 2.45) is 0 Å². The highest BCUT2D eigenvalue weighted by Crippen LogP contribution is 2.13. The largest absolute Gasteiger partial charge is 0.491 e. The number of aliphatic hydroxyl groups is 1. The van der Waals surface area contributed by atoms with Crippen LogP contribution in [0.5, 0.6) is 5.75 Å². The molecule has 1 aromatic carbocycles. The Kier molecular flexibility index (Phi) is 4.70. The van der Waals surface area contributed by atoms with E-state index in [-0.39, 0.29) is 6.61 Å². The van der Waals surface area contributed by atoms with Gasteiger partial charge in [0.15, 0.2) is 0 Å². The fourth-order valence-electron chi connectivity index (χ4n) is 2.66. The predicted molar refractivity (Wildman–Crippen MR) is 82.8 cm³/mol. The second-order valence-corrected chi connectivity index (χ2v) is 5.78. The van der Waals surface area contributed by atoms with Crippen molar-refractivity contribution in [3.05, 3.63) is 42.0 Å². The van der Waals surface area contributed by atoms with Crippen LogP contribution in [-0.4, -0.2) is 45.2 Å². The summed E-state index contributed by atoms with van der Waals surface area (Å²) >= 11 is 0. The summed E-state index contributed by atoms with van der Waals surface area (Å²) < 4.78 is 7.54. The van der Waals surface area contributed by atoms with E-state index in [1.54, 1.807) is 6.33 Å². The lowest BCUT2D eigenvalue weighted by molar-refractivity contribution is 0.101. The summed E-state index contributed by atoms with van der Waals surface area (Å²) in [4.78, 5) is 4.21. The van der Waals surface area contributed by atoms with Crippen molar-refractivity contribution in [2.75, 3.05) is 13.2 Å². The first kappa shape index (κ1) is 15.0. The number of nitrogens with zero attached hydrogens (tertiary/aromatic N) is 3. The van der Waals surface area contributed by atoms with Crippen LogP contribution in [0.3, 0.4) is 0 Å². The van der Waals surface area contributed by atoms with Gasteiger partial charge in [-0.3, -0.25) is 0 Å². The minimum atomic E-state index is -0.530. The zero-order valence-electron chi connectivity index (χ0n) is 12.8. The van der Waals surface area contributed by atoms with E-state index in [9.17, 15) is 5.11 Å². The maximum Gasteiger partial charge on any atom is 0.138 e. The first-order chi connectivity index (χ1) is 10.7. The Morgan fingerprint density at radius 1 is 1.50 bits per heavy atom. The summed E-state index contributed by atoms with van der Waals surface area (Å²) in [6.07, 6.45) is 3.01. The molecule has 1 aliphatic heterocycles. The molecule has 0 aliphatic carbocycles. The number of benzene rings is 1. The van der Waals surface area contributed by atoms with Crippen molar-refractivity contribution in [3.8, 4) is 5.75 Å². The third-order valence-electron chi connectivity index (χ3n) is 3.88. The normalized spacial score (nSPS) is 18.7. The van der Waals surface area contributed by atoms with Gasteiger partial charge in [-0.2, -0.15) is 5.10 Å². The van der Waals surface area contributed by atoms with Crippen LogP contribution in [0.15, 0.2) is 30.6 Å². The van der Waals surface area contributed by atoms with Gasteiger partial charge < -0.3 is 15.2 Å². The molecule has 1 aromatic heterocycles. The van der Waals surface area contributed by atoms with Crippen LogP contribution in [0.1, 0.15) is 17.8 Å². The van der Waals surface area contributed by atoms with E-state index in [2.05, 4.69) is 15.4 Å². The summed E-state index contributed by atoms with van der Waals surface area (Å²) in [5.74, 6) is 1.84. The third kappa shape index (κ3) is 3.84. The van der Waals surface area contributed by atoms with E-state index in [1.165, 1.54) is 0 Å². The smallest absolute Gasteiger partial charge is 0.138 e. The molecule has 2 N–H and O–H groups in total. The van der Waals surface area contributed by atoms with Gasteiger partial charge in [0.25, 0.3) is 0 Å². The topological polar surface area (TPSA) is 72.2 Å². The highest BCUT2D eigenvalue weighted by molar-refractivity contribution is 5.27. The van der Waals surface area contributed by atoms with Crippen molar-refractivity contribution >= 4 is 0 Å². The monoisotopic (exact) mass is 302 g/mol. The highest BCUT2D eigenvalue weighted by Gasteiger charge is 2.20. The first-order valence-corrected chi connectivity index (χ1v) is 7.68. The van der Waals surface area contributed by atoms with Crippen molar-refractivity contribution in [1.29, 1.82) is 0 Å². The van der Waals surface area contributed by atoms with Crippen LogP contribution in [0, 0.1) is 6.92 Å². The zero-order chi connectivity index (χ0) is 15.4. The first-order valence-electron chi connectivity index (χ1n) is 7.68. The average molecular weight is 302 g/mol. The fraction of sp³-hybridized carbons (Fsp3) is 0.500. The summed E-state index contributed by atoms with van der Waals surface area (Å²) in [6, 6.07) is 8.16. The number of hydrogen-bond acceptors (Lipinski definition) is 5. The van der Waals surface area contributed by atoms with Crippen molar-refractivity contribution in [1.82, 2.24) is 20.1 Å². The molecule has 0 unspecified atom stereocenters. The molecule has 3 rings (SSSR count). The lowest BCUT2D eigenvalue weighted by atomic mass is 10.1.